The average molecular weight is 290 g/mol. The van der Waals surface area contributed by atoms with Crippen LogP contribution in [0.15, 0.2) is 54.6 Å². The molecule has 2 aromatic rings. The lowest BCUT2D eigenvalue weighted by atomic mass is 10.2. The Labute approximate surface area is 121 Å². The van der Waals surface area contributed by atoms with Gasteiger partial charge in [0.2, 0.25) is 5.91 Å². The molecule has 19 heavy (non-hydrogen) atoms. The van der Waals surface area contributed by atoms with Gasteiger partial charge in [-0.25, -0.2) is 0 Å². The molecule has 0 spiro atoms. The predicted molar refractivity (Wildman–Crippen MR) is 80.6 cm³/mol. The van der Waals surface area contributed by atoms with Gasteiger partial charge in [-0.15, -0.1) is 11.8 Å². The van der Waals surface area contributed by atoms with E-state index in [1.165, 1.54) is 0 Å². The Hall–Kier alpha value is -1.45. The maximum absolute atomic E-state index is 12.1. The summed E-state index contributed by atoms with van der Waals surface area (Å²) in [6.07, 6.45) is 0. The number of hydrogen-bond acceptors (Lipinski definition) is 2. The Morgan fingerprint density at radius 2 is 1.74 bits per heavy atom. The zero-order chi connectivity index (χ0) is 13.2. The van der Waals surface area contributed by atoms with Gasteiger partial charge in [0, 0.05) is 10.7 Å². The van der Waals surface area contributed by atoms with E-state index in [1.54, 1.807) is 11.8 Å². The third kappa shape index (κ3) is 2.48. The van der Waals surface area contributed by atoms with Crippen molar-refractivity contribution in [1.29, 1.82) is 0 Å². The second-order valence-electron chi connectivity index (χ2n) is 4.31. The second-order valence-corrected chi connectivity index (χ2v) is 5.82. The van der Waals surface area contributed by atoms with Crippen molar-refractivity contribution < 1.29 is 4.79 Å². The highest BCUT2D eigenvalue weighted by Crippen LogP contribution is 2.41. The minimum atomic E-state index is 0.0344. The van der Waals surface area contributed by atoms with Gasteiger partial charge >= 0.3 is 0 Å². The number of para-hydroxylation sites is 1. The number of thioether (sulfide) groups is 1. The largest absolute Gasteiger partial charge is 0.295 e. The van der Waals surface area contributed by atoms with Gasteiger partial charge < -0.3 is 0 Å². The number of hydrogen-bond donors (Lipinski definition) is 0. The Kier molecular flexibility index (Phi) is 3.49. The van der Waals surface area contributed by atoms with Crippen molar-refractivity contribution >= 4 is 35.0 Å². The Morgan fingerprint density at radius 1 is 1.05 bits per heavy atom. The Morgan fingerprint density at radius 3 is 2.42 bits per heavy atom. The number of halogens is 1. The molecule has 1 heterocycles. The van der Waals surface area contributed by atoms with Crippen LogP contribution in [0.1, 0.15) is 10.9 Å². The number of nitrogens with zero attached hydrogens (tertiary/aromatic N) is 1. The SMILES string of the molecule is O=C1CSC(c2ccc(Cl)cc2)N1c1ccccc1. The van der Waals surface area contributed by atoms with E-state index >= 15 is 0 Å². The summed E-state index contributed by atoms with van der Waals surface area (Å²) < 4.78 is 0. The zero-order valence-electron chi connectivity index (χ0n) is 10.1. The van der Waals surface area contributed by atoms with Crippen molar-refractivity contribution in [2.24, 2.45) is 0 Å². The first-order valence-electron chi connectivity index (χ1n) is 6.00. The molecule has 0 N–H and O–H groups in total. The smallest absolute Gasteiger partial charge is 0.238 e. The summed E-state index contributed by atoms with van der Waals surface area (Å²) in [6, 6.07) is 17.5. The monoisotopic (exact) mass is 289 g/mol. The molecule has 1 atom stereocenters. The number of rotatable bonds is 2. The predicted octanol–water partition coefficient (Wildman–Crippen LogP) is 4.12. The Balaban J connectivity index is 1.97. The number of carbonyl (C=O) groups excluding carboxylic acids is 1. The molecular formula is C15H12ClNOS. The summed E-state index contributed by atoms with van der Waals surface area (Å²) in [5, 5.41) is 0.747. The van der Waals surface area contributed by atoms with Crippen molar-refractivity contribution in [3.63, 3.8) is 0 Å². The molecule has 0 radical (unpaired) electrons. The summed E-state index contributed by atoms with van der Waals surface area (Å²) in [5.41, 5.74) is 2.04. The highest BCUT2D eigenvalue weighted by atomic mass is 35.5. The van der Waals surface area contributed by atoms with E-state index in [9.17, 15) is 4.79 Å². The van der Waals surface area contributed by atoms with Gasteiger partial charge in [0.15, 0.2) is 0 Å². The summed E-state index contributed by atoms with van der Waals surface area (Å²) in [6.45, 7) is 0. The maximum Gasteiger partial charge on any atom is 0.238 e. The first-order chi connectivity index (χ1) is 9.25. The second kappa shape index (κ2) is 5.27. The lowest BCUT2D eigenvalue weighted by Crippen LogP contribution is -2.27. The summed E-state index contributed by atoms with van der Waals surface area (Å²) >= 11 is 7.56. The number of carbonyl (C=O) groups is 1. The van der Waals surface area contributed by atoms with E-state index < -0.39 is 0 Å². The van der Waals surface area contributed by atoms with Crippen molar-refractivity contribution in [2.45, 2.75) is 5.37 Å². The molecule has 1 amide bonds. The van der Waals surface area contributed by atoms with Gasteiger partial charge in [0.25, 0.3) is 0 Å². The molecule has 2 nitrogen and oxygen atoms in total. The maximum atomic E-state index is 12.1. The molecule has 1 fully saturated rings. The van der Waals surface area contributed by atoms with Crippen molar-refractivity contribution in [2.75, 3.05) is 10.7 Å². The van der Waals surface area contributed by atoms with Crippen LogP contribution in [0.5, 0.6) is 0 Å². The molecule has 96 valence electrons. The highest BCUT2D eigenvalue weighted by Gasteiger charge is 2.33. The van der Waals surface area contributed by atoms with Crippen LogP contribution in [0.2, 0.25) is 5.02 Å². The minimum Gasteiger partial charge on any atom is -0.295 e. The molecule has 1 aliphatic rings. The third-order valence-electron chi connectivity index (χ3n) is 3.06. The fourth-order valence-electron chi connectivity index (χ4n) is 2.17. The minimum absolute atomic E-state index is 0.0344. The van der Waals surface area contributed by atoms with Crippen LogP contribution in [0, 0.1) is 0 Å². The fraction of sp³-hybridized carbons (Fsp3) is 0.133. The lowest BCUT2D eigenvalue weighted by molar-refractivity contribution is -0.115. The van der Waals surface area contributed by atoms with E-state index in [4.69, 9.17) is 11.6 Å². The van der Waals surface area contributed by atoms with Crippen LogP contribution >= 0.6 is 23.4 Å². The molecule has 1 saturated heterocycles. The first-order valence-corrected chi connectivity index (χ1v) is 7.42. The molecule has 3 rings (SSSR count). The molecule has 0 aliphatic carbocycles. The molecule has 1 unspecified atom stereocenters. The zero-order valence-corrected chi connectivity index (χ0v) is 11.7. The summed E-state index contributed by atoms with van der Waals surface area (Å²) in [7, 11) is 0. The van der Waals surface area contributed by atoms with Gasteiger partial charge in [0.1, 0.15) is 5.37 Å². The Bertz CT molecular complexity index is 585. The molecule has 0 saturated carbocycles. The van der Waals surface area contributed by atoms with E-state index in [1.807, 2.05) is 59.5 Å². The normalized spacial score (nSPS) is 18.9. The molecule has 1 aliphatic heterocycles. The number of benzene rings is 2. The van der Waals surface area contributed by atoms with Crippen LogP contribution in [0.3, 0.4) is 0 Å². The van der Waals surface area contributed by atoms with Crippen LogP contribution in [-0.2, 0) is 4.79 Å². The van der Waals surface area contributed by atoms with Gasteiger partial charge in [-0.2, -0.15) is 0 Å². The van der Waals surface area contributed by atoms with Crippen LogP contribution in [0.4, 0.5) is 5.69 Å². The van der Waals surface area contributed by atoms with E-state index in [2.05, 4.69) is 0 Å². The summed E-state index contributed by atoms with van der Waals surface area (Å²) in [5.74, 6) is 0.665. The van der Waals surface area contributed by atoms with Crippen molar-refractivity contribution in [3.8, 4) is 0 Å². The van der Waals surface area contributed by atoms with E-state index in [0.29, 0.717) is 10.8 Å². The van der Waals surface area contributed by atoms with Crippen molar-refractivity contribution in [3.05, 3.63) is 65.2 Å². The van der Waals surface area contributed by atoms with Gasteiger partial charge in [-0.1, -0.05) is 41.9 Å². The molecule has 2 aromatic carbocycles. The van der Waals surface area contributed by atoms with Crippen molar-refractivity contribution in [1.82, 2.24) is 0 Å². The van der Waals surface area contributed by atoms with Crippen LogP contribution < -0.4 is 4.90 Å². The number of anilines is 1. The number of amides is 1. The molecule has 4 heteroatoms. The molecule has 0 bridgehead atoms. The fourth-order valence-corrected chi connectivity index (χ4v) is 3.47. The third-order valence-corrected chi connectivity index (χ3v) is 4.52. The van der Waals surface area contributed by atoms with Gasteiger partial charge in [0.05, 0.1) is 5.75 Å². The molecule has 0 aromatic heterocycles. The van der Waals surface area contributed by atoms with Gasteiger partial charge in [-0.05, 0) is 29.8 Å². The first kappa shape index (κ1) is 12.6. The quantitative estimate of drug-likeness (QED) is 0.829. The highest BCUT2D eigenvalue weighted by molar-refractivity contribution is 8.00. The lowest BCUT2D eigenvalue weighted by Gasteiger charge is -2.24. The molecular weight excluding hydrogens is 278 g/mol. The van der Waals surface area contributed by atoms with E-state index in [-0.39, 0.29) is 11.3 Å². The standard InChI is InChI=1S/C15H12ClNOS/c16-12-8-6-11(7-9-12)15-17(14(18)10-19-15)13-4-2-1-3-5-13/h1-9,15H,10H2. The average Bonchev–Trinajstić information content (AvgIpc) is 2.82. The van der Waals surface area contributed by atoms with Crippen LogP contribution in [-0.4, -0.2) is 11.7 Å². The van der Waals surface area contributed by atoms with Crippen LogP contribution in [0.25, 0.3) is 0 Å². The summed E-state index contributed by atoms with van der Waals surface area (Å²) in [4.78, 5) is 14.0. The van der Waals surface area contributed by atoms with Gasteiger partial charge in [-0.3, -0.25) is 9.69 Å². The topological polar surface area (TPSA) is 20.3 Å². The van der Waals surface area contributed by atoms with E-state index in [0.717, 1.165) is 11.3 Å².